The lowest BCUT2D eigenvalue weighted by atomic mass is 10.1. The Morgan fingerprint density at radius 1 is 1.29 bits per heavy atom. The van der Waals surface area contributed by atoms with Crippen LogP contribution in [0.2, 0.25) is 0 Å². The molecule has 2 heterocycles. The number of hydrogen-bond donors (Lipinski definition) is 2. The second-order valence-corrected chi connectivity index (χ2v) is 9.23. The van der Waals surface area contributed by atoms with E-state index in [0.29, 0.717) is 0 Å². The number of aryl methyl sites for hydroxylation is 2. The quantitative estimate of drug-likeness (QED) is 0.788. The minimum absolute atomic E-state index is 0.0696. The van der Waals surface area contributed by atoms with Gasteiger partial charge in [-0.3, -0.25) is 9.48 Å². The van der Waals surface area contributed by atoms with Crippen molar-refractivity contribution in [3.63, 3.8) is 0 Å². The van der Waals surface area contributed by atoms with Crippen molar-refractivity contribution in [2.24, 2.45) is 7.05 Å². The van der Waals surface area contributed by atoms with E-state index in [4.69, 9.17) is 0 Å². The van der Waals surface area contributed by atoms with Gasteiger partial charge in [-0.15, -0.1) is 10.2 Å². The smallest absolute Gasteiger partial charge is 0.237 e. The van der Waals surface area contributed by atoms with Crippen molar-refractivity contribution in [3.05, 3.63) is 11.4 Å². The van der Waals surface area contributed by atoms with Gasteiger partial charge in [0.2, 0.25) is 11.0 Å². The number of thioether (sulfide) groups is 1. The van der Waals surface area contributed by atoms with Crippen molar-refractivity contribution < 1.29 is 4.79 Å². The Kier molecular flexibility index (Phi) is 5.54. The van der Waals surface area contributed by atoms with Crippen LogP contribution in [0.5, 0.6) is 0 Å². The summed E-state index contributed by atoms with van der Waals surface area (Å²) in [5.41, 5.74) is 2.46. The van der Waals surface area contributed by atoms with Gasteiger partial charge in [0.1, 0.15) is 0 Å². The zero-order valence-electron chi connectivity index (χ0n) is 15.1. The van der Waals surface area contributed by atoms with Crippen LogP contribution in [0.4, 0.5) is 10.8 Å². The Labute approximate surface area is 150 Å². The van der Waals surface area contributed by atoms with Crippen LogP contribution in [-0.2, 0) is 11.8 Å². The van der Waals surface area contributed by atoms with E-state index < -0.39 is 0 Å². The van der Waals surface area contributed by atoms with Gasteiger partial charge in [-0.2, -0.15) is 5.10 Å². The van der Waals surface area contributed by atoms with Gasteiger partial charge >= 0.3 is 0 Å². The van der Waals surface area contributed by atoms with Gasteiger partial charge in [0.25, 0.3) is 0 Å². The Morgan fingerprint density at radius 2 is 1.96 bits per heavy atom. The van der Waals surface area contributed by atoms with Crippen molar-refractivity contribution in [2.75, 3.05) is 10.6 Å². The summed E-state index contributed by atoms with van der Waals surface area (Å²) in [6.07, 6.45) is 0. The minimum atomic E-state index is -0.278. The van der Waals surface area contributed by atoms with E-state index in [9.17, 15) is 4.79 Å². The molecule has 2 aromatic heterocycles. The van der Waals surface area contributed by atoms with Crippen molar-refractivity contribution in [1.82, 2.24) is 20.0 Å². The molecule has 0 saturated carbocycles. The van der Waals surface area contributed by atoms with Crippen molar-refractivity contribution in [2.45, 2.75) is 56.7 Å². The monoisotopic (exact) mass is 368 g/mol. The number of amides is 1. The van der Waals surface area contributed by atoms with Gasteiger partial charge in [-0.1, -0.05) is 23.1 Å². The maximum absolute atomic E-state index is 12.4. The highest BCUT2D eigenvalue weighted by atomic mass is 32.2. The van der Waals surface area contributed by atoms with E-state index in [1.807, 2.05) is 27.8 Å². The summed E-state index contributed by atoms with van der Waals surface area (Å²) >= 11 is 2.86. The fourth-order valence-corrected chi connectivity index (χ4v) is 4.12. The lowest BCUT2D eigenvalue weighted by molar-refractivity contribution is -0.115. The molecule has 7 nitrogen and oxygen atoms in total. The zero-order chi connectivity index (χ0) is 18.1. The number of anilines is 2. The van der Waals surface area contributed by atoms with Crippen LogP contribution in [0.1, 0.15) is 39.1 Å². The summed E-state index contributed by atoms with van der Waals surface area (Å²) in [5, 5.41) is 19.3. The van der Waals surface area contributed by atoms with Gasteiger partial charge in [0.15, 0.2) is 4.34 Å². The standard InChI is InChI=1S/C15H24N6OS2/c1-8-11(9(2)21(7)20-8)16-12(22)10(3)23-14-19-18-13(24-14)17-15(4,5)6/h10H,1-7H3,(H,16,22)(H,17,18)/t10-/m0/s1. The Balaban J connectivity index is 1.99. The average molecular weight is 369 g/mol. The fourth-order valence-electron chi connectivity index (χ4n) is 2.01. The lowest BCUT2D eigenvalue weighted by Gasteiger charge is -2.18. The van der Waals surface area contributed by atoms with Gasteiger partial charge in [-0.25, -0.2) is 0 Å². The molecule has 0 aliphatic heterocycles. The second kappa shape index (κ2) is 7.10. The summed E-state index contributed by atoms with van der Waals surface area (Å²) in [4.78, 5) is 12.4. The Bertz CT molecular complexity index is 731. The molecule has 0 saturated heterocycles. The number of nitrogens with zero attached hydrogens (tertiary/aromatic N) is 4. The maximum atomic E-state index is 12.4. The van der Waals surface area contributed by atoms with Crippen LogP contribution in [0.25, 0.3) is 0 Å². The molecule has 24 heavy (non-hydrogen) atoms. The van der Waals surface area contributed by atoms with E-state index in [0.717, 1.165) is 26.5 Å². The highest BCUT2D eigenvalue weighted by molar-refractivity contribution is 8.02. The third kappa shape index (κ3) is 4.70. The predicted molar refractivity (Wildman–Crippen MR) is 99.9 cm³/mol. The number of carbonyl (C=O) groups excluding carboxylic acids is 1. The molecule has 2 aromatic rings. The van der Waals surface area contributed by atoms with Crippen molar-refractivity contribution in [3.8, 4) is 0 Å². The van der Waals surface area contributed by atoms with Gasteiger partial charge in [-0.05, 0) is 41.5 Å². The number of rotatable bonds is 5. The predicted octanol–water partition coefficient (Wildman–Crippen LogP) is 3.22. The molecule has 0 aliphatic carbocycles. The number of hydrogen-bond acceptors (Lipinski definition) is 7. The van der Waals surface area contributed by atoms with Gasteiger partial charge in [0, 0.05) is 12.6 Å². The third-order valence-corrected chi connectivity index (χ3v) is 5.32. The maximum Gasteiger partial charge on any atom is 0.237 e. The summed E-state index contributed by atoms with van der Waals surface area (Å²) < 4.78 is 2.53. The van der Waals surface area contributed by atoms with E-state index in [2.05, 4.69) is 46.7 Å². The first-order valence-electron chi connectivity index (χ1n) is 7.66. The summed E-state index contributed by atoms with van der Waals surface area (Å²) in [7, 11) is 1.86. The molecule has 0 aliphatic rings. The van der Waals surface area contributed by atoms with E-state index in [1.165, 1.54) is 23.1 Å². The molecule has 1 amide bonds. The van der Waals surface area contributed by atoms with Crippen LogP contribution >= 0.6 is 23.1 Å². The zero-order valence-corrected chi connectivity index (χ0v) is 16.7. The van der Waals surface area contributed by atoms with Crippen LogP contribution in [0.15, 0.2) is 4.34 Å². The Morgan fingerprint density at radius 3 is 2.50 bits per heavy atom. The number of carbonyl (C=O) groups is 1. The van der Waals surface area contributed by atoms with Crippen LogP contribution in [-0.4, -0.2) is 36.7 Å². The molecule has 2 N–H and O–H groups in total. The molecule has 0 aromatic carbocycles. The summed E-state index contributed by atoms with van der Waals surface area (Å²) in [6.45, 7) is 11.9. The van der Waals surface area contributed by atoms with Gasteiger partial charge in [0.05, 0.1) is 22.3 Å². The first-order chi connectivity index (χ1) is 11.1. The second-order valence-electron chi connectivity index (χ2n) is 6.67. The lowest BCUT2D eigenvalue weighted by Crippen LogP contribution is -2.25. The van der Waals surface area contributed by atoms with Crippen LogP contribution in [0.3, 0.4) is 0 Å². The molecular formula is C15H24N6OS2. The van der Waals surface area contributed by atoms with Crippen LogP contribution < -0.4 is 10.6 Å². The summed E-state index contributed by atoms with van der Waals surface area (Å²) in [6, 6.07) is 0. The van der Waals surface area contributed by atoms with Crippen molar-refractivity contribution in [1.29, 1.82) is 0 Å². The molecule has 0 radical (unpaired) electrons. The average Bonchev–Trinajstić information content (AvgIpc) is 2.96. The molecule has 1 atom stereocenters. The molecular weight excluding hydrogens is 344 g/mol. The van der Waals surface area contributed by atoms with Gasteiger partial charge < -0.3 is 10.6 Å². The number of nitrogens with one attached hydrogen (secondary N) is 2. The SMILES string of the molecule is Cc1nn(C)c(C)c1NC(=O)[C@H](C)Sc1nnc(NC(C)(C)C)s1. The largest absolute Gasteiger partial charge is 0.355 e. The summed E-state index contributed by atoms with van der Waals surface area (Å²) in [5.74, 6) is -0.0697. The number of aromatic nitrogens is 4. The highest BCUT2D eigenvalue weighted by Gasteiger charge is 2.21. The molecule has 0 bridgehead atoms. The van der Waals surface area contributed by atoms with E-state index in [-0.39, 0.29) is 16.7 Å². The molecule has 2 rings (SSSR count). The normalized spacial score (nSPS) is 13.0. The first-order valence-corrected chi connectivity index (χ1v) is 9.36. The van der Waals surface area contributed by atoms with E-state index in [1.54, 1.807) is 4.68 Å². The Hall–Kier alpha value is -1.61. The molecule has 0 spiro atoms. The van der Waals surface area contributed by atoms with E-state index >= 15 is 0 Å². The topological polar surface area (TPSA) is 84.7 Å². The third-order valence-electron chi connectivity index (χ3n) is 3.29. The van der Waals surface area contributed by atoms with Crippen molar-refractivity contribution >= 4 is 39.8 Å². The fraction of sp³-hybridized carbons (Fsp3) is 0.600. The molecule has 9 heteroatoms. The molecule has 0 fully saturated rings. The molecule has 0 unspecified atom stereocenters. The van der Waals surface area contributed by atoms with Crippen LogP contribution in [0, 0.1) is 13.8 Å². The minimum Gasteiger partial charge on any atom is -0.355 e. The molecule has 132 valence electrons. The first kappa shape index (κ1) is 18.7. The highest BCUT2D eigenvalue weighted by Crippen LogP contribution is 2.31.